The number of rotatable bonds is 1. The van der Waals surface area contributed by atoms with Gasteiger partial charge < -0.3 is 0 Å². The number of hydrogen-bond donors (Lipinski definition) is 0. The van der Waals surface area contributed by atoms with E-state index in [-0.39, 0.29) is 5.78 Å². The molecule has 0 amide bonds. The summed E-state index contributed by atoms with van der Waals surface area (Å²) in [7, 11) is 0. The van der Waals surface area contributed by atoms with Gasteiger partial charge in [0.15, 0.2) is 0 Å². The molecule has 1 aliphatic rings. The third-order valence-corrected chi connectivity index (χ3v) is 3.63. The van der Waals surface area contributed by atoms with Gasteiger partial charge in [0.05, 0.1) is 6.07 Å². The first-order valence-corrected chi connectivity index (χ1v) is 4.98. The molecular weight excluding hydrogens is 182 g/mol. The molecule has 0 spiro atoms. The van der Waals surface area contributed by atoms with E-state index in [1.807, 2.05) is 19.1 Å². The molecular formula is C10H9NOS. The van der Waals surface area contributed by atoms with Crippen LogP contribution in [0.15, 0.2) is 12.1 Å². The number of carbonyl (C=O) groups excluding carboxylic acids is 1. The molecule has 13 heavy (non-hydrogen) atoms. The Morgan fingerprint density at radius 2 is 2.23 bits per heavy atom. The number of thiophene rings is 1. The lowest BCUT2D eigenvalue weighted by molar-refractivity contribution is -0.126. The molecule has 1 saturated carbocycles. The summed E-state index contributed by atoms with van der Waals surface area (Å²) in [5.74, 6) is 0.201. The molecule has 2 rings (SSSR count). The fourth-order valence-corrected chi connectivity index (χ4v) is 2.63. The Labute approximate surface area is 80.8 Å². The van der Waals surface area contributed by atoms with Crippen molar-refractivity contribution < 1.29 is 4.79 Å². The van der Waals surface area contributed by atoms with Crippen LogP contribution in [-0.4, -0.2) is 5.78 Å². The topological polar surface area (TPSA) is 40.9 Å². The van der Waals surface area contributed by atoms with E-state index in [1.54, 1.807) is 11.3 Å². The molecule has 0 aromatic carbocycles. The molecule has 0 atom stereocenters. The quantitative estimate of drug-likeness (QED) is 0.682. The Morgan fingerprint density at radius 1 is 1.54 bits per heavy atom. The average Bonchev–Trinajstić information content (AvgIpc) is 2.46. The molecule has 1 fully saturated rings. The SMILES string of the molecule is Cc1ccc(C2(C#N)CC(=O)C2)s1. The second kappa shape index (κ2) is 2.68. The smallest absolute Gasteiger partial charge is 0.136 e. The van der Waals surface area contributed by atoms with Crippen molar-refractivity contribution in [1.82, 2.24) is 0 Å². The van der Waals surface area contributed by atoms with Gasteiger partial charge in [0.2, 0.25) is 0 Å². The summed E-state index contributed by atoms with van der Waals surface area (Å²) in [5, 5.41) is 9.02. The Balaban J connectivity index is 2.35. The lowest BCUT2D eigenvalue weighted by atomic mass is 9.68. The Morgan fingerprint density at radius 3 is 2.62 bits per heavy atom. The maximum absolute atomic E-state index is 10.9. The van der Waals surface area contributed by atoms with E-state index in [0.29, 0.717) is 12.8 Å². The molecule has 0 aliphatic heterocycles. The number of nitriles is 1. The number of hydrogen-bond acceptors (Lipinski definition) is 3. The van der Waals surface area contributed by atoms with Crippen LogP contribution in [0.5, 0.6) is 0 Å². The highest BCUT2D eigenvalue weighted by atomic mass is 32.1. The van der Waals surface area contributed by atoms with Gasteiger partial charge in [0.25, 0.3) is 0 Å². The first-order valence-electron chi connectivity index (χ1n) is 4.16. The lowest BCUT2D eigenvalue weighted by Gasteiger charge is -2.32. The van der Waals surface area contributed by atoms with Crippen LogP contribution in [0.3, 0.4) is 0 Å². The largest absolute Gasteiger partial charge is 0.300 e. The second-order valence-corrected chi connectivity index (χ2v) is 4.78. The number of aryl methyl sites for hydroxylation is 1. The number of Topliss-reactive ketones (excluding diaryl/α,β-unsaturated/α-hetero) is 1. The number of carbonyl (C=O) groups is 1. The Hall–Kier alpha value is -1.14. The van der Waals surface area contributed by atoms with Crippen LogP contribution in [0.4, 0.5) is 0 Å². The Kier molecular flexibility index (Phi) is 1.74. The number of ketones is 1. The van der Waals surface area contributed by atoms with Gasteiger partial charge in [0, 0.05) is 22.6 Å². The third kappa shape index (κ3) is 1.18. The van der Waals surface area contributed by atoms with E-state index in [1.165, 1.54) is 4.88 Å². The molecule has 66 valence electrons. The molecule has 3 heteroatoms. The second-order valence-electron chi connectivity index (χ2n) is 3.50. The summed E-state index contributed by atoms with van der Waals surface area (Å²) in [6.07, 6.45) is 0.812. The molecule has 1 heterocycles. The van der Waals surface area contributed by atoms with Crippen molar-refractivity contribution in [2.45, 2.75) is 25.2 Å². The van der Waals surface area contributed by atoms with Crippen LogP contribution < -0.4 is 0 Å². The van der Waals surface area contributed by atoms with Crippen LogP contribution >= 0.6 is 11.3 Å². The van der Waals surface area contributed by atoms with Crippen molar-refractivity contribution in [3.8, 4) is 6.07 Å². The molecule has 1 aromatic rings. The van der Waals surface area contributed by atoms with E-state index in [2.05, 4.69) is 6.07 Å². The normalized spacial score (nSPS) is 19.2. The van der Waals surface area contributed by atoms with Gasteiger partial charge in [0.1, 0.15) is 11.2 Å². The third-order valence-electron chi connectivity index (χ3n) is 2.42. The van der Waals surface area contributed by atoms with Crippen LogP contribution in [0.25, 0.3) is 0 Å². The van der Waals surface area contributed by atoms with Crippen molar-refractivity contribution >= 4 is 17.1 Å². The molecule has 0 saturated heterocycles. The predicted octanol–water partition coefficient (Wildman–Crippen LogP) is 2.18. The van der Waals surface area contributed by atoms with E-state index in [4.69, 9.17) is 5.26 Å². The lowest BCUT2D eigenvalue weighted by Crippen LogP contribution is -2.39. The summed E-state index contributed by atoms with van der Waals surface area (Å²) in [6, 6.07) is 6.23. The van der Waals surface area contributed by atoms with E-state index < -0.39 is 5.41 Å². The van der Waals surface area contributed by atoms with E-state index in [9.17, 15) is 4.79 Å². The van der Waals surface area contributed by atoms with Crippen molar-refractivity contribution in [2.75, 3.05) is 0 Å². The molecule has 0 unspecified atom stereocenters. The van der Waals surface area contributed by atoms with Crippen molar-refractivity contribution in [1.29, 1.82) is 5.26 Å². The van der Waals surface area contributed by atoms with Gasteiger partial charge in [-0.1, -0.05) is 0 Å². The summed E-state index contributed by atoms with van der Waals surface area (Å²) < 4.78 is 0. The summed E-state index contributed by atoms with van der Waals surface area (Å²) in [4.78, 5) is 13.2. The van der Waals surface area contributed by atoms with Crippen LogP contribution in [0, 0.1) is 18.3 Å². The van der Waals surface area contributed by atoms with Crippen LogP contribution in [0.2, 0.25) is 0 Å². The maximum Gasteiger partial charge on any atom is 0.136 e. The predicted molar refractivity (Wildman–Crippen MR) is 50.6 cm³/mol. The first kappa shape index (κ1) is 8.46. The fourth-order valence-electron chi connectivity index (χ4n) is 1.62. The summed E-state index contributed by atoms with van der Waals surface area (Å²) in [6.45, 7) is 2.01. The Bertz CT molecular complexity index is 391. The minimum absolute atomic E-state index is 0.201. The van der Waals surface area contributed by atoms with Gasteiger partial charge in [-0.05, 0) is 19.1 Å². The minimum atomic E-state index is -0.476. The molecule has 2 nitrogen and oxygen atoms in total. The van der Waals surface area contributed by atoms with Gasteiger partial charge in [-0.3, -0.25) is 4.79 Å². The standard InChI is InChI=1S/C10H9NOS/c1-7-2-3-9(13-7)10(6-11)4-8(12)5-10/h2-3H,4-5H2,1H3. The van der Waals surface area contributed by atoms with Crippen molar-refractivity contribution in [3.05, 3.63) is 21.9 Å². The van der Waals surface area contributed by atoms with Gasteiger partial charge in [-0.25, -0.2) is 0 Å². The van der Waals surface area contributed by atoms with Crippen LogP contribution in [-0.2, 0) is 10.2 Å². The molecule has 1 aromatic heterocycles. The zero-order chi connectivity index (χ0) is 9.47. The van der Waals surface area contributed by atoms with Crippen LogP contribution in [0.1, 0.15) is 22.6 Å². The van der Waals surface area contributed by atoms with Gasteiger partial charge >= 0.3 is 0 Å². The van der Waals surface area contributed by atoms with Gasteiger partial charge in [-0.2, -0.15) is 5.26 Å². The van der Waals surface area contributed by atoms with E-state index >= 15 is 0 Å². The molecule has 1 aliphatic carbocycles. The number of nitrogens with zero attached hydrogens (tertiary/aromatic N) is 1. The molecule has 0 radical (unpaired) electrons. The highest BCUT2D eigenvalue weighted by molar-refractivity contribution is 7.12. The van der Waals surface area contributed by atoms with Crippen molar-refractivity contribution in [2.24, 2.45) is 0 Å². The minimum Gasteiger partial charge on any atom is -0.300 e. The molecule has 0 N–H and O–H groups in total. The van der Waals surface area contributed by atoms with E-state index in [0.717, 1.165) is 4.88 Å². The first-order chi connectivity index (χ1) is 6.16. The summed E-state index contributed by atoms with van der Waals surface area (Å²) in [5.41, 5.74) is -0.476. The van der Waals surface area contributed by atoms with Gasteiger partial charge in [-0.15, -0.1) is 11.3 Å². The highest BCUT2D eigenvalue weighted by Gasteiger charge is 2.46. The monoisotopic (exact) mass is 191 g/mol. The fraction of sp³-hybridized carbons (Fsp3) is 0.400. The highest BCUT2D eigenvalue weighted by Crippen LogP contribution is 2.43. The maximum atomic E-state index is 10.9. The zero-order valence-electron chi connectivity index (χ0n) is 7.33. The average molecular weight is 191 g/mol. The summed E-state index contributed by atoms with van der Waals surface area (Å²) >= 11 is 1.62. The zero-order valence-corrected chi connectivity index (χ0v) is 8.15. The molecule has 0 bridgehead atoms. The van der Waals surface area contributed by atoms with Crippen molar-refractivity contribution in [3.63, 3.8) is 0 Å².